The summed E-state index contributed by atoms with van der Waals surface area (Å²) >= 11 is 0. The van der Waals surface area contributed by atoms with Crippen molar-refractivity contribution in [3.63, 3.8) is 0 Å². The van der Waals surface area contributed by atoms with E-state index in [1.165, 1.54) is 34.6 Å². The number of nitrogens with zero attached hydrogens (tertiary/aromatic N) is 4. The second-order valence-electron chi connectivity index (χ2n) is 16.2. The second-order valence-corrected chi connectivity index (χ2v) is 16.2. The van der Waals surface area contributed by atoms with E-state index in [0.29, 0.717) is 77.9 Å². The van der Waals surface area contributed by atoms with E-state index >= 15 is 0 Å². The Morgan fingerprint density at radius 2 is 0.683 bits per heavy atom. The van der Waals surface area contributed by atoms with Crippen LogP contribution in [0.15, 0.2) is 0 Å². The molecule has 0 aromatic rings. The molecule has 1 unspecified atom stereocenters. The zero-order valence-corrected chi connectivity index (χ0v) is 38.8. The average Bonchev–Trinajstić information content (AvgIpc) is 3.15. The van der Waals surface area contributed by atoms with Gasteiger partial charge >= 0.3 is 0 Å². The monoisotopic (exact) mass is 855 g/mol. The Hall–Kier alpha value is -3.42. The van der Waals surface area contributed by atoms with Gasteiger partial charge in [-0.25, -0.2) is 0 Å². The zero-order chi connectivity index (χ0) is 45.0. The highest BCUT2D eigenvalue weighted by Gasteiger charge is 2.16. The number of amides is 6. The minimum Gasteiger partial charge on any atom is -0.356 e. The van der Waals surface area contributed by atoms with E-state index < -0.39 is 0 Å². The maximum atomic E-state index is 12.6. The first-order valence-corrected chi connectivity index (χ1v) is 22.4. The van der Waals surface area contributed by atoms with Gasteiger partial charge in [-0.1, -0.05) is 27.2 Å². The normalized spacial score (nSPS) is 11.9. The zero-order valence-electron chi connectivity index (χ0n) is 38.8. The molecule has 0 aliphatic carbocycles. The summed E-state index contributed by atoms with van der Waals surface area (Å²) in [7, 11) is 0. The van der Waals surface area contributed by atoms with Crippen LogP contribution in [-0.2, 0) is 28.8 Å². The van der Waals surface area contributed by atoms with Gasteiger partial charge in [0.25, 0.3) is 0 Å². The van der Waals surface area contributed by atoms with Crippen LogP contribution in [0.2, 0.25) is 0 Å². The fraction of sp³-hybridized carbons (Fsp3) is 0.857. The van der Waals surface area contributed by atoms with Crippen LogP contribution < -0.4 is 42.5 Å². The highest BCUT2D eigenvalue weighted by molar-refractivity contribution is 5.78. The molecular formula is C42H86N12O6. The van der Waals surface area contributed by atoms with Crippen LogP contribution in [0, 0.1) is 11.8 Å². The summed E-state index contributed by atoms with van der Waals surface area (Å²) in [6.45, 7) is 29.7. The molecule has 0 heterocycles. The molecule has 0 rings (SSSR count). The molecule has 0 aromatic carbocycles. The van der Waals surface area contributed by atoms with Gasteiger partial charge in [0.05, 0.1) is 0 Å². The summed E-state index contributed by atoms with van der Waals surface area (Å²) in [5, 5.41) is 24.5. The number of carbonyl (C=O) groups is 6. The minimum absolute atomic E-state index is 0.0127. The molecule has 0 spiro atoms. The molecule has 0 bridgehead atoms. The van der Waals surface area contributed by atoms with Crippen LogP contribution in [-0.4, -0.2) is 199 Å². The van der Waals surface area contributed by atoms with Gasteiger partial charge in [-0.2, -0.15) is 0 Å². The summed E-state index contributed by atoms with van der Waals surface area (Å²) in [4.78, 5) is 79.4. The smallest absolute Gasteiger partial charge is 0.222 e. The Labute approximate surface area is 362 Å². The van der Waals surface area contributed by atoms with Gasteiger partial charge in [-0.15, -0.1) is 0 Å². The van der Waals surface area contributed by atoms with Crippen LogP contribution >= 0.6 is 0 Å². The third-order valence-electron chi connectivity index (χ3n) is 9.89. The fourth-order valence-corrected chi connectivity index (χ4v) is 6.59. The molecule has 0 saturated carbocycles. The van der Waals surface area contributed by atoms with Crippen molar-refractivity contribution in [1.82, 2.24) is 62.1 Å². The van der Waals surface area contributed by atoms with Crippen LogP contribution in [0.3, 0.4) is 0 Å². The number of nitrogens with one attached hydrogen (secondary N) is 8. The van der Waals surface area contributed by atoms with Gasteiger partial charge in [0.15, 0.2) is 0 Å². The van der Waals surface area contributed by atoms with Gasteiger partial charge < -0.3 is 47.4 Å². The van der Waals surface area contributed by atoms with E-state index in [2.05, 4.69) is 76.0 Å². The van der Waals surface area contributed by atoms with Crippen molar-refractivity contribution in [2.24, 2.45) is 11.8 Å². The van der Waals surface area contributed by atoms with E-state index in [9.17, 15) is 28.8 Å². The lowest BCUT2D eigenvalue weighted by molar-refractivity contribution is -0.125. The molecule has 0 aliphatic heterocycles. The van der Waals surface area contributed by atoms with Gasteiger partial charge in [-0.3, -0.25) is 43.5 Å². The minimum atomic E-state index is -0.0660. The van der Waals surface area contributed by atoms with Crippen molar-refractivity contribution >= 4 is 35.4 Å². The van der Waals surface area contributed by atoms with Crippen LogP contribution in [0.25, 0.3) is 0 Å². The van der Waals surface area contributed by atoms with Crippen molar-refractivity contribution in [3.05, 3.63) is 0 Å². The maximum Gasteiger partial charge on any atom is 0.222 e. The number of unbranched alkanes of at least 4 members (excludes halogenated alkanes) is 2. The van der Waals surface area contributed by atoms with Crippen LogP contribution in [0.1, 0.15) is 81.1 Å². The highest BCUT2D eigenvalue weighted by atomic mass is 16.2. The van der Waals surface area contributed by atoms with Gasteiger partial charge in [0.2, 0.25) is 35.4 Å². The summed E-state index contributed by atoms with van der Waals surface area (Å²) in [6.07, 6.45) is 3.78. The van der Waals surface area contributed by atoms with E-state index in [0.717, 1.165) is 97.7 Å². The molecular weight excluding hydrogens is 769 g/mol. The lowest BCUT2D eigenvalue weighted by Crippen LogP contribution is -2.46. The van der Waals surface area contributed by atoms with Crippen molar-refractivity contribution in [3.8, 4) is 0 Å². The predicted octanol–water partition coefficient (Wildman–Crippen LogP) is -0.977. The van der Waals surface area contributed by atoms with Gasteiger partial charge in [-0.05, 0) is 31.7 Å². The standard InChI is InChI=1S/C42H86N12O6/c1-35(2)34-36(3)42(60)50-21-29-52(26-18-47-39(6)57)23-16-44-17-25-53(24-15-43-13-14-46-38(5)56)32-30-51(22-11-9-10-12-45-37(4)55)31-33-54(27-19-48-40(7)58)28-20-49-41(8)59/h35-36,43-44H,9-34H2,1-8H3,(H,45,55)(H,46,56)(H,47,57)(H,48,58)(H,49,59)(H,50,60). The van der Waals surface area contributed by atoms with Gasteiger partial charge in [0, 0.05) is 178 Å². The quantitative estimate of drug-likeness (QED) is 0.0351. The second kappa shape index (κ2) is 37.4. The predicted molar refractivity (Wildman–Crippen MR) is 240 cm³/mol. The third-order valence-corrected chi connectivity index (χ3v) is 9.89. The fourth-order valence-electron chi connectivity index (χ4n) is 6.59. The molecule has 6 amide bonds. The van der Waals surface area contributed by atoms with E-state index in [1.54, 1.807) is 0 Å². The molecule has 0 aliphatic rings. The number of carbonyl (C=O) groups excluding carboxylic acids is 6. The Bertz CT molecular complexity index is 1160. The average molecular weight is 855 g/mol. The van der Waals surface area contributed by atoms with E-state index in [1.807, 2.05) is 6.92 Å². The molecule has 1 atom stereocenters. The maximum absolute atomic E-state index is 12.6. The van der Waals surface area contributed by atoms with E-state index in [-0.39, 0.29) is 41.4 Å². The molecule has 0 aromatic heterocycles. The largest absolute Gasteiger partial charge is 0.356 e. The molecule has 8 N–H and O–H groups in total. The van der Waals surface area contributed by atoms with Crippen molar-refractivity contribution in [2.45, 2.75) is 81.1 Å². The molecule has 0 fully saturated rings. The number of hydrogen-bond acceptors (Lipinski definition) is 12. The van der Waals surface area contributed by atoms with Gasteiger partial charge in [0.1, 0.15) is 0 Å². The third kappa shape index (κ3) is 37.6. The van der Waals surface area contributed by atoms with Crippen LogP contribution in [0.4, 0.5) is 0 Å². The first-order valence-electron chi connectivity index (χ1n) is 22.4. The lowest BCUT2D eigenvalue weighted by Gasteiger charge is -2.30. The van der Waals surface area contributed by atoms with Crippen molar-refractivity contribution in [1.29, 1.82) is 0 Å². The summed E-state index contributed by atoms with van der Waals surface area (Å²) < 4.78 is 0. The summed E-state index contributed by atoms with van der Waals surface area (Å²) in [6, 6.07) is 0. The lowest BCUT2D eigenvalue weighted by atomic mass is 9.98. The van der Waals surface area contributed by atoms with E-state index in [4.69, 9.17) is 0 Å². The Morgan fingerprint density at radius 3 is 1.10 bits per heavy atom. The highest BCUT2D eigenvalue weighted by Crippen LogP contribution is 2.10. The van der Waals surface area contributed by atoms with Crippen molar-refractivity contribution < 1.29 is 28.8 Å². The molecule has 18 nitrogen and oxygen atoms in total. The molecule has 350 valence electrons. The summed E-state index contributed by atoms with van der Waals surface area (Å²) in [5.41, 5.74) is 0. The first-order chi connectivity index (χ1) is 28.6. The molecule has 0 saturated heterocycles. The Kier molecular flexibility index (Phi) is 35.2. The number of rotatable bonds is 39. The first kappa shape index (κ1) is 56.6. The van der Waals surface area contributed by atoms with Crippen LogP contribution in [0.5, 0.6) is 0 Å². The Morgan fingerprint density at radius 1 is 0.350 bits per heavy atom. The SMILES string of the molecule is CC(=O)NCCCCCN(CCN(CCNCCNC(C)=O)CCNCCN(CCNC(C)=O)CCNC(=O)C(C)CC(C)C)CCN(CCNC(C)=O)CCNC(C)=O. The number of hydrogen-bond donors (Lipinski definition) is 8. The molecule has 60 heavy (non-hydrogen) atoms. The van der Waals surface area contributed by atoms with Crippen molar-refractivity contribution in [2.75, 3.05) is 144 Å². The summed E-state index contributed by atoms with van der Waals surface area (Å²) in [5.74, 6) is 0.263. The topological polar surface area (TPSA) is 212 Å². The molecule has 18 heteroatoms. The molecule has 0 radical (unpaired) electrons. The Balaban J connectivity index is 5.54.